The fourth-order valence-electron chi connectivity index (χ4n) is 2.76. The Morgan fingerprint density at radius 3 is 2.48 bits per heavy atom. The van der Waals surface area contributed by atoms with Crippen molar-refractivity contribution in [2.75, 3.05) is 34.9 Å². The molecule has 132 valence electrons. The summed E-state index contributed by atoms with van der Waals surface area (Å²) in [6, 6.07) is 16.0. The number of nitrogens with zero attached hydrogens (tertiary/aromatic N) is 2. The number of hydrogen-bond donors (Lipinski definition) is 1. The van der Waals surface area contributed by atoms with E-state index in [0.29, 0.717) is 12.1 Å². The summed E-state index contributed by atoms with van der Waals surface area (Å²) in [6.07, 6.45) is 0. The maximum Gasteiger partial charge on any atom is 0.161 e. The van der Waals surface area contributed by atoms with Gasteiger partial charge in [-0.3, -0.25) is 0 Å². The van der Waals surface area contributed by atoms with Crippen LogP contribution in [0, 0.1) is 11.3 Å². The van der Waals surface area contributed by atoms with Gasteiger partial charge in [0.15, 0.2) is 11.5 Å². The Hall–Kier alpha value is -2.55. The zero-order valence-corrected chi connectivity index (χ0v) is 15.2. The first-order valence-corrected chi connectivity index (χ1v) is 8.17. The van der Waals surface area contributed by atoms with E-state index in [0.717, 1.165) is 29.2 Å². The number of rotatable bonds is 8. The Kier molecular flexibility index (Phi) is 6.81. The van der Waals surface area contributed by atoms with Crippen molar-refractivity contribution in [3.05, 3.63) is 59.2 Å². The second-order valence-electron chi connectivity index (χ2n) is 6.04. The van der Waals surface area contributed by atoms with Crippen LogP contribution in [0.1, 0.15) is 22.7 Å². The van der Waals surface area contributed by atoms with Crippen molar-refractivity contribution in [3.8, 4) is 17.6 Å². The van der Waals surface area contributed by atoms with Crippen LogP contribution >= 0.6 is 0 Å². The van der Waals surface area contributed by atoms with Gasteiger partial charge in [-0.25, -0.2) is 0 Å². The molecule has 0 heterocycles. The highest BCUT2D eigenvalue weighted by Gasteiger charge is 2.16. The van der Waals surface area contributed by atoms with Crippen LogP contribution in [0.3, 0.4) is 0 Å². The summed E-state index contributed by atoms with van der Waals surface area (Å²) in [6.45, 7) is 1.49. The summed E-state index contributed by atoms with van der Waals surface area (Å²) in [5, 5.41) is 12.5. The van der Waals surface area contributed by atoms with E-state index >= 15 is 0 Å². The molecule has 25 heavy (non-hydrogen) atoms. The van der Waals surface area contributed by atoms with E-state index in [4.69, 9.17) is 14.7 Å². The molecule has 0 fully saturated rings. The van der Waals surface area contributed by atoms with Crippen LogP contribution in [0.5, 0.6) is 11.5 Å². The first-order valence-electron chi connectivity index (χ1n) is 8.17. The summed E-state index contributed by atoms with van der Waals surface area (Å²) in [4.78, 5) is 2.17. The van der Waals surface area contributed by atoms with Gasteiger partial charge in [-0.2, -0.15) is 5.26 Å². The van der Waals surface area contributed by atoms with Crippen molar-refractivity contribution in [3.63, 3.8) is 0 Å². The Morgan fingerprint density at radius 1 is 1.08 bits per heavy atom. The Balaban J connectivity index is 2.07. The molecule has 5 nitrogen and oxygen atoms in total. The van der Waals surface area contributed by atoms with Crippen molar-refractivity contribution in [1.29, 1.82) is 5.26 Å². The fraction of sp³-hybridized carbons (Fsp3) is 0.350. The smallest absolute Gasteiger partial charge is 0.161 e. The maximum atomic E-state index is 8.99. The molecule has 0 aliphatic carbocycles. The Morgan fingerprint density at radius 2 is 1.84 bits per heavy atom. The monoisotopic (exact) mass is 339 g/mol. The SMILES string of the molecule is COc1ccc(C(CNCc2cccc(C#N)c2)N(C)C)cc1OC. The normalized spacial score (nSPS) is 11.8. The lowest BCUT2D eigenvalue weighted by Crippen LogP contribution is -2.30. The van der Waals surface area contributed by atoms with Crippen molar-refractivity contribution in [1.82, 2.24) is 10.2 Å². The standard InChI is InChI=1S/C20H25N3O2/c1-23(2)18(17-8-9-19(24-3)20(11-17)25-4)14-22-13-16-7-5-6-15(10-16)12-21/h5-11,18,22H,13-14H2,1-4H3. The summed E-state index contributed by atoms with van der Waals surface area (Å²) in [7, 11) is 7.39. The highest BCUT2D eigenvalue weighted by molar-refractivity contribution is 5.44. The predicted molar refractivity (Wildman–Crippen MR) is 98.8 cm³/mol. The lowest BCUT2D eigenvalue weighted by Gasteiger charge is -2.26. The molecule has 0 aromatic heterocycles. The first kappa shape index (κ1) is 18.8. The molecular weight excluding hydrogens is 314 g/mol. The summed E-state index contributed by atoms with van der Waals surface area (Å²) in [5.41, 5.74) is 2.94. The van der Waals surface area contributed by atoms with Gasteiger partial charge in [0.05, 0.1) is 25.9 Å². The van der Waals surface area contributed by atoms with Crippen LogP contribution in [0.25, 0.3) is 0 Å². The third-order valence-corrected chi connectivity index (χ3v) is 4.14. The summed E-state index contributed by atoms with van der Waals surface area (Å²) >= 11 is 0. The number of nitrogens with one attached hydrogen (secondary N) is 1. The predicted octanol–water partition coefficient (Wildman–Crippen LogP) is 2.97. The van der Waals surface area contributed by atoms with Crippen molar-refractivity contribution in [2.45, 2.75) is 12.6 Å². The molecule has 0 radical (unpaired) electrons. The van der Waals surface area contributed by atoms with Gasteiger partial charge >= 0.3 is 0 Å². The highest BCUT2D eigenvalue weighted by Crippen LogP contribution is 2.31. The van der Waals surface area contributed by atoms with E-state index in [-0.39, 0.29) is 6.04 Å². The molecule has 2 rings (SSSR count). The van der Waals surface area contributed by atoms with E-state index in [2.05, 4.69) is 36.4 Å². The quantitative estimate of drug-likeness (QED) is 0.801. The second kappa shape index (κ2) is 9.07. The van der Waals surface area contributed by atoms with Gasteiger partial charge in [0.25, 0.3) is 0 Å². The summed E-state index contributed by atoms with van der Waals surface area (Å²) in [5.74, 6) is 1.46. The van der Waals surface area contributed by atoms with Gasteiger partial charge in [0.2, 0.25) is 0 Å². The van der Waals surface area contributed by atoms with Gasteiger partial charge in [-0.05, 0) is 49.5 Å². The van der Waals surface area contributed by atoms with E-state index < -0.39 is 0 Å². The van der Waals surface area contributed by atoms with Gasteiger partial charge in [-0.15, -0.1) is 0 Å². The number of ether oxygens (including phenoxy) is 2. The van der Waals surface area contributed by atoms with Crippen LogP contribution in [0.15, 0.2) is 42.5 Å². The largest absolute Gasteiger partial charge is 0.493 e. The average molecular weight is 339 g/mol. The summed E-state index contributed by atoms with van der Waals surface area (Å²) < 4.78 is 10.7. The van der Waals surface area contributed by atoms with Crippen LogP contribution in [0.4, 0.5) is 0 Å². The third-order valence-electron chi connectivity index (χ3n) is 4.14. The molecule has 2 aromatic carbocycles. The van der Waals surface area contributed by atoms with Gasteiger partial charge in [-0.1, -0.05) is 18.2 Å². The van der Waals surface area contributed by atoms with E-state index in [1.165, 1.54) is 0 Å². The van der Waals surface area contributed by atoms with Crippen LogP contribution < -0.4 is 14.8 Å². The zero-order chi connectivity index (χ0) is 18.2. The molecule has 0 saturated carbocycles. The molecule has 0 aliphatic heterocycles. The number of likely N-dealkylation sites (N-methyl/N-ethyl adjacent to an activating group) is 1. The number of nitriles is 1. The van der Waals surface area contributed by atoms with Gasteiger partial charge in [0, 0.05) is 19.1 Å². The molecular formula is C20H25N3O2. The van der Waals surface area contributed by atoms with Crippen molar-refractivity contribution in [2.24, 2.45) is 0 Å². The van der Waals surface area contributed by atoms with Crippen LogP contribution in [0.2, 0.25) is 0 Å². The van der Waals surface area contributed by atoms with Gasteiger partial charge < -0.3 is 19.7 Å². The third kappa shape index (κ3) is 4.96. The van der Waals surface area contributed by atoms with Crippen LogP contribution in [-0.4, -0.2) is 39.8 Å². The molecule has 0 saturated heterocycles. The van der Waals surface area contributed by atoms with Crippen molar-refractivity contribution < 1.29 is 9.47 Å². The fourth-order valence-corrected chi connectivity index (χ4v) is 2.76. The lowest BCUT2D eigenvalue weighted by molar-refractivity contribution is 0.286. The molecule has 0 bridgehead atoms. The molecule has 1 unspecified atom stereocenters. The van der Waals surface area contributed by atoms with E-state index in [1.807, 2.05) is 36.4 Å². The minimum atomic E-state index is 0.193. The van der Waals surface area contributed by atoms with Crippen molar-refractivity contribution >= 4 is 0 Å². The Bertz CT molecular complexity index is 738. The average Bonchev–Trinajstić information content (AvgIpc) is 2.64. The highest BCUT2D eigenvalue weighted by atomic mass is 16.5. The minimum absolute atomic E-state index is 0.193. The van der Waals surface area contributed by atoms with E-state index in [1.54, 1.807) is 14.2 Å². The molecule has 0 aliphatic rings. The number of hydrogen-bond acceptors (Lipinski definition) is 5. The maximum absolute atomic E-state index is 8.99. The van der Waals surface area contributed by atoms with Crippen LogP contribution in [-0.2, 0) is 6.54 Å². The lowest BCUT2D eigenvalue weighted by atomic mass is 10.0. The Labute approximate surface area is 149 Å². The van der Waals surface area contributed by atoms with Gasteiger partial charge in [0.1, 0.15) is 0 Å². The molecule has 1 N–H and O–H groups in total. The topological polar surface area (TPSA) is 57.5 Å². The number of methoxy groups -OCH3 is 2. The molecule has 1 atom stereocenters. The number of benzene rings is 2. The minimum Gasteiger partial charge on any atom is -0.493 e. The molecule has 2 aromatic rings. The molecule has 5 heteroatoms. The molecule has 0 amide bonds. The van der Waals surface area contributed by atoms with E-state index in [9.17, 15) is 0 Å². The second-order valence-corrected chi connectivity index (χ2v) is 6.04. The molecule has 0 spiro atoms. The first-order chi connectivity index (χ1) is 12.1. The zero-order valence-electron chi connectivity index (χ0n) is 15.2.